The zero-order valence-electron chi connectivity index (χ0n) is 13.6. The van der Waals surface area contributed by atoms with E-state index in [4.69, 9.17) is 4.99 Å². The highest BCUT2D eigenvalue weighted by molar-refractivity contribution is 7.14. The number of piperazine rings is 1. The molecule has 0 bridgehead atoms. The maximum Gasteiger partial charge on any atom is 0.194 e. The number of nitrogens with one attached hydrogen (secondary N) is 1. The Hall–Kier alpha value is -2.02. The van der Waals surface area contributed by atoms with Gasteiger partial charge in [0.2, 0.25) is 0 Å². The summed E-state index contributed by atoms with van der Waals surface area (Å²) in [7, 11) is 0. The van der Waals surface area contributed by atoms with Gasteiger partial charge in [0.05, 0.1) is 18.1 Å². The van der Waals surface area contributed by atoms with Gasteiger partial charge >= 0.3 is 0 Å². The van der Waals surface area contributed by atoms with Crippen molar-refractivity contribution in [3.63, 3.8) is 0 Å². The monoisotopic (exact) mass is 332 g/mol. The molecule has 6 nitrogen and oxygen atoms in total. The highest BCUT2D eigenvalue weighted by Gasteiger charge is 2.20. The van der Waals surface area contributed by atoms with E-state index in [0.29, 0.717) is 0 Å². The standard InChI is InChI=1S/C16H24N6S/c1-2-17-16(18-7-9-22-8-4-6-19-22)21-12-10-20(11-13-21)15-5-3-14-23-15/h3-6,8,14H,2,7,9-13H2,1H3,(H,17,18). The lowest BCUT2D eigenvalue weighted by molar-refractivity contribution is 0.373. The summed E-state index contributed by atoms with van der Waals surface area (Å²) in [5.74, 6) is 1.02. The van der Waals surface area contributed by atoms with Gasteiger partial charge < -0.3 is 15.1 Å². The number of nitrogens with zero attached hydrogens (tertiary/aromatic N) is 5. The summed E-state index contributed by atoms with van der Waals surface area (Å²) in [5, 5.41) is 11.1. The van der Waals surface area contributed by atoms with E-state index < -0.39 is 0 Å². The molecule has 0 aliphatic carbocycles. The summed E-state index contributed by atoms with van der Waals surface area (Å²) in [6.45, 7) is 8.67. The summed E-state index contributed by atoms with van der Waals surface area (Å²) >= 11 is 1.81. The molecule has 1 fully saturated rings. The Morgan fingerprint density at radius 2 is 2.17 bits per heavy atom. The Labute approximate surface area is 141 Å². The SMILES string of the molecule is CCNC(=NCCn1cccn1)N1CCN(c2cccs2)CC1. The van der Waals surface area contributed by atoms with Crippen LogP contribution < -0.4 is 10.2 Å². The normalized spacial score (nSPS) is 16.0. The van der Waals surface area contributed by atoms with Crippen LogP contribution in [-0.2, 0) is 6.54 Å². The van der Waals surface area contributed by atoms with Crippen molar-refractivity contribution >= 4 is 22.3 Å². The fourth-order valence-corrected chi connectivity index (χ4v) is 3.49. The Morgan fingerprint density at radius 3 is 2.83 bits per heavy atom. The molecule has 124 valence electrons. The second-order valence-corrected chi connectivity index (χ2v) is 6.36. The van der Waals surface area contributed by atoms with Gasteiger partial charge in [0.15, 0.2) is 5.96 Å². The fourth-order valence-electron chi connectivity index (χ4n) is 2.71. The minimum absolute atomic E-state index is 0.745. The zero-order chi connectivity index (χ0) is 15.9. The van der Waals surface area contributed by atoms with Gasteiger partial charge in [-0.15, -0.1) is 11.3 Å². The van der Waals surface area contributed by atoms with Gasteiger partial charge in [-0.2, -0.15) is 5.10 Å². The average Bonchev–Trinajstić information content (AvgIpc) is 3.28. The van der Waals surface area contributed by atoms with Crippen molar-refractivity contribution in [1.29, 1.82) is 0 Å². The predicted octanol–water partition coefficient (Wildman–Crippen LogP) is 1.73. The van der Waals surface area contributed by atoms with Crippen molar-refractivity contribution in [3.8, 4) is 0 Å². The first-order valence-corrected chi connectivity index (χ1v) is 9.04. The number of thiophene rings is 1. The van der Waals surface area contributed by atoms with Crippen LogP contribution in [0.2, 0.25) is 0 Å². The van der Waals surface area contributed by atoms with Crippen LogP contribution in [0.5, 0.6) is 0 Å². The quantitative estimate of drug-likeness (QED) is 0.669. The van der Waals surface area contributed by atoms with Crippen molar-refractivity contribution in [1.82, 2.24) is 20.0 Å². The van der Waals surface area contributed by atoms with Crippen LogP contribution in [0.1, 0.15) is 6.92 Å². The topological polar surface area (TPSA) is 48.7 Å². The molecular formula is C16H24N6S. The van der Waals surface area contributed by atoms with Gasteiger partial charge in [-0.25, -0.2) is 0 Å². The molecule has 1 saturated heterocycles. The summed E-state index contributed by atoms with van der Waals surface area (Å²) in [5.41, 5.74) is 0. The maximum atomic E-state index is 4.75. The van der Waals surface area contributed by atoms with Crippen molar-refractivity contribution in [2.75, 3.05) is 44.2 Å². The molecule has 0 aromatic carbocycles. The molecule has 0 unspecified atom stereocenters. The molecule has 0 radical (unpaired) electrons. The highest BCUT2D eigenvalue weighted by atomic mass is 32.1. The third-order valence-corrected chi connectivity index (χ3v) is 4.81. The molecule has 1 aliphatic rings. The van der Waals surface area contributed by atoms with Crippen LogP contribution in [-0.4, -0.2) is 59.9 Å². The second-order valence-electron chi connectivity index (χ2n) is 5.43. The van der Waals surface area contributed by atoms with Crippen LogP contribution in [0.4, 0.5) is 5.00 Å². The Bertz CT molecular complexity index is 584. The Kier molecular flexibility index (Phi) is 5.52. The molecule has 0 saturated carbocycles. The molecule has 0 spiro atoms. The smallest absolute Gasteiger partial charge is 0.194 e. The van der Waals surface area contributed by atoms with E-state index >= 15 is 0 Å². The number of guanidine groups is 1. The van der Waals surface area contributed by atoms with E-state index in [1.54, 1.807) is 6.20 Å². The summed E-state index contributed by atoms with van der Waals surface area (Å²) in [4.78, 5) is 9.57. The minimum Gasteiger partial charge on any atom is -0.360 e. The van der Waals surface area contributed by atoms with Crippen molar-refractivity contribution in [3.05, 3.63) is 36.0 Å². The third-order valence-electron chi connectivity index (χ3n) is 3.88. The van der Waals surface area contributed by atoms with Gasteiger partial charge in [-0.3, -0.25) is 9.67 Å². The first kappa shape index (κ1) is 15.9. The van der Waals surface area contributed by atoms with E-state index in [0.717, 1.165) is 51.8 Å². The van der Waals surface area contributed by atoms with Gasteiger partial charge in [0, 0.05) is 45.1 Å². The molecule has 3 heterocycles. The molecule has 0 amide bonds. The summed E-state index contributed by atoms with van der Waals surface area (Å²) in [6, 6.07) is 6.26. The number of hydrogen-bond acceptors (Lipinski definition) is 4. The lowest BCUT2D eigenvalue weighted by Gasteiger charge is -2.37. The van der Waals surface area contributed by atoms with Gasteiger partial charge in [-0.05, 0) is 30.5 Å². The van der Waals surface area contributed by atoms with Crippen LogP contribution in [0, 0.1) is 0 Å². The summed E-state index contributed by atoms with van der Waals surface area (Å²) < 4.78 is 1.92. The summed E-state index contributed by atoms with van der Waals surface area (Å²) in [6.07, 6.45) is 3.78. The molecule has 3 rings (SSSR count). The molecule has 1 aliphatic heterocycles. The Morgan fingerprint density at radius 1 is 1.30 bits per heavy atom. The van der Waals surface area contributed by atoms with Crippen LogP contribution in [0.15, 0.2) is 41.0 Å². The zero-order valence-corrected chi connectivity index (χ0v) is 14.4. The van der Waals surface area contributed by atoms with Crippen LogP contribution in [0.25, 0.3) is 0 Å². The van der Waals surface area contributed by atoms with Gasteiger partial charge in [-0.1, -0.05) is 0 Å². The first-order chi connectivity index (χ1) is 11.4. The number of anilines is 1. The molecule has 2 aromatic rings. The first-order valence-electron chi connectivity index (χ1n) is 8.16. The van der Waals surface area contributed by atoms with Crippen molar-refractivity contribution in [2.45, 2.75) is 13.5 Å². The molecule has 0 atom stereocenters. The van der Waals surface area contributed by atoms with E-state index in [9.17, 15) is 0 Å². The lowest BCUT2D eigenvalue weighted by atomic mass is 10.3. The van der Waals surface area contributed by atoms with E-state index in [1.165, 1.54) is 5.00 Å². The minimum atomic E-state index is 0.745. The second kappa shape index (κ2) is 8.01. The average molecular weight is 332 g/mol. The molecule has 23 heavy (non-hydrogen) atoms. The fraction of sp³-hybridized carbons (Fsp3) is 0.500. The van der Waals surface area contributed by atoms with Crippen LogP contribution >= 0.6 is 11.3 Å². The lowest BCUT2D eigenvalue weighted by Crippen LogP contribution is -2.52. The van der Waals surface area contributed by atoms with Gasteiger partial charge in [0.25, 0.3) is 0 Å². The van der Waals surface area contributed by atoms with Crippen LogP contribution in [0.3, 0.4) is 0 Å². The van der Waals surface area contributed by atoms with Crippen molar-refractivity contribution < 1.29 is 0 Å². The number of aliphatic imine (C=N–C) groups is 1. The van der Waals surface area contributed by atoms with E-state index in [1.807, 2.05) is 28.3 Å². The van der Waals surface area contributed by atoms with E-state index in [-0.39, 0.29) is 0 Å². The highest BCUT2D eigenvalue weighted by Crippen LogP contribution is 2.22. The maximum absolute atomic E-state index is 4.75. The van der Waals surface area contributed by atoms with Gasteiger partial charge in [0.1, 0.15) is 0 Å². The Balaban J connectivity index is 1.54. The third kappa shape index (κ3) is 4.25. The molecule has 7 heteroatoms. The molecular weight excluding hydrogens is 308 g/mol. The molecule has 1 N–H and O–H groups in total. The van der Waals surface area contributed by atoms with E-state index in [2.05, 4.69) is 44.7 Å². The van der Waals surface area contributed by atoms with Crippen molar-refractivity contribution in [2.24, 2.45) is 4.99 Å². The largest absolute Gasteiger partial charge is 0.360 e. The molecule has 2 aromatic heterocycles. The number of rotatable bonds is 5. The number of hydrogen-bond donors (Lipinski definition) is 1. The predicted molar refractivity (Wildman–Crippen MR) is 96.3 cm³/mol. The number of aromatic nitrogens is 2.